The third-order valence-corrected chi connectivity index (χ3v) is 4.70. The molecule has 1 amide bonds. The molecule has 8 heteroatoms. The van der Waals surface area contributed by atoms with E-state index in [-0.39, 0.29) is 23.5 Å². The van der Waals surface area contributed by atoms with Gasteiger partial charge in [-0.3, -0.25) is 19.8 Å². The van der Waals surface area contributed by atoms with Crippen LogP contribution in [0.5, 0.6) is 0 Å². The van der Waals surface area contributed by atoms with Gasteiger partial charge in [0.1, 0.15) is 5.82 Å². The van der Waals surface area contributed by atoms with Gasteiger partial charge in [-0.1, -0.05) is 24.3 Å². The van der Waals surface area contributed by atoms with Crippen LogP contribution in [0.15, 0.2) is 54.6 Å². The predicted octanol–water partition coefficient (Wildman–Crippen LogP) is 2.94. The largest absolute Gasteiger partial charge is 0.379 e. The number of nitro benzene ring substituents is 1. The molecular weight excluding hydrogens is 377 g/mol. The summed E-state index contributed by atoms with van der Waals surface area (Å²) in [5.41, 5.74) is 1.31. The maximum atomic E-state index is 13.7. The van der Waals surface area contributed by atoms with Crippen molar-refractivity contribution in [1.82, 2.24) is 10.2 Å². The van der Waals surface area contributed by atoms with E-state index in [4.69, 9.17) is 4.74 Å². The van der Waals surface area contributed by atoms with Crippen LogP contribution in [-0.2, 0) is 9.53 Å². The predicted molar refractivity (Wildman–Crippen MR) is 107 cm³/mol. The summed E-state index contributed by atoms with van der Waals surface area (Å²) in [5.74, 6) is -0.649. The molecule has 1 saturated heterocycles. The molecule has 0 aliphatic carbocycles. The summed E-state index contributed by atoms with van der Waals surface area (Å²) in [6.07, 6.45) is 2.86. The second-order valence-electron chi connectivity index (χ2n) is 6.65. The number of hydrogen-bond donors (Lipinski definition) is 1. The third kappa shape index (κ3) is 5.94. The van der Waals surface area contributed by atoms with Crippen molar-refractivity contribution in [2.75, 3.05) is 32.8 Å². The van der Waals surface area contributed by atoms with Crippen molar-refractivity contribution in [3.05, 3.63) is 81.7 Å². The highest BCUT2D eigenvalue weighted by Crippen LogP contribution is 2.22. The molecule has 1 unspecified atom stereocenters. The van der Waals surface area contributed by atoms with Crippen molar-refractivity contribution < 1.29 is 18.8 Å². The van der Waals surface area contributed by atoms with E-state index < -0.39 is 4.92 Å². The summed E-state index contributed by atoms with van der Waals surface area (Å²) in [5, 5.41) is 13.7. The normalized spacial score (nSPS) is 15.9. The van der Waals surface area contributed by atoms with Crippen LogP contribution in [0, 0.1) is 15.9 Å². The van der Waals surface area contributed by atoms with Gasteiger partial charge in [-0.2, -0.15) is 0 Å². The van der Waals surface area contributed by atoms with E-state index >= 15 is 0 Å². The lowest BCUT2D eigenvalue weighted by molar-refractivity contribution is -0.384. The number of nitro groups is 1. The molecule has 152 valence electrons. The van der Waals surface area contributed by atoms with E-state index in [1.165, 1.54) is 36.4 Å². The molecule has 2 aromatic carbocycles. The van der Waals surface area contributed by atoms with Gasteiger partial charge in [0.15, 0.2) is 0 Å². The fraction of sp³-hybridized carbons (Fsp3) is 0.286. The number of amides is 1. The van der Waals surface area contributed by atoms with Gasteiger partial charge in [-0.05, 0) is 29.3 Å². The van der Waals surface area contributed by atoms with Crippen LogP contribution < -0.4 is 5.32 Å². The zero-order valence-electron chi connectivity index (χ0n) is 15.8. The molecule has 1 aliphatic rings. The van der Waals surface area contributed by atoms with Crippen molar-refractivity contribution in [3.63, 3.8) is 0 Å². The number of non-ortho nitro benzene ring substituents is 1. The Bertz CT molecular complexity index is 897. The number of rotatable bonds is 7. The average molecular weight is 399 g/mol. The number of benzene rings is 2. The molecule has 7 nitrogen and oxygen atoms in total. The summed E-state index contributed by atoms with van der Waals surface area (Å²) in [7, 11) is 0. The fourth-order valence-electron chi connectivity index (χ4n) is 3.23. The van der Waals surface area contributed by atoms with Gasteiger partial charge in [0.2, 0.25) is 5.91 Å². The minimum atomic E-state index is -0.483. The lowest BCUT2D eigenvalue weighted by atomic mass is 10.0. The Morgan fingerprint density at radius 2 is 2.00 bits per heavy atom. The fourth-order valence-corrected chi connectivity index (χ4v) is 3.23. The quantitative estimate of drug-likeness (QED) is 0.440. The second-order valence-corrected chi connectivity index (χ2v) is 6.65. The molecular formula is C21H22FN3O4. The molecule has 2 aromatic rings. The van der Waals surface area contributed by atoms with E-state index in [0.29, 0.717) is 38.4 Å². The minimum Gasteiger partial charge on any atom is -0.379 e. The molecule has 1 atom stereocenters. The van der Waals surface area contributed by atoms with E-state index in [0.717, 1.165) is 5.56 Å². The lowest BCUT2D eigenvalue weighted by Crippen LogP contribution is -2.43. The van der Waals surface area contributed by atoms with E-state index in [2.05, 4.69) is 10.2 Å². The number of nitrogens with one attached hydrogen (secondary N) is 1. The monoisotopic (exact) mass is 399 g/mol. The molecule has 3 rings (SSSR count). The van der Waals surface area contributed by atoms with Gasteiger partial charge < -0.3 is 10.1 Å². The zero-order chi connectivity index (χ0) is 20.6. The minimum absolute atomic E-state index is 0.0361. The smallest absolute Gasteiger partial charge is 0.270 e. The van der Waals surface area contributed by atoms with Crippen LogP contribution >= 0.6 is 0 Å². The highest BCUT2D eigenvalue weighted by atomic mass is 19.1. The molecule has 1 heterocycles. The number of nitrogens with zero attached hydrogens (tertiary/aromatic N) is 2. The Morgan fingerprint density at radius 3 is 2.72 bits per heavy atom. The molecule has 0 bridgehead atoms. The van der Waals surface area contributed by atoms with Crippen LogP contribution in [0.2, 0.25) is 0 Å². The van der Waals surface area contributed by atoms with Crippen molar-refractivity contribution >= 4 is 17.7 Å². The Morgan fingerprint density at radius 1 is 1.24 bits per heavy atom. The number of ether oxygens (including phenoxy) is 1. The first kappa shape index (κ1) is 20.6. The van der Waals surface area contributed by atoms with Crippen molar-refractivity contribution in [3.8, 4) is 0 Å². The number of halogens is 1. The van der Waals surface area contributed by atoms with Gasteiger partial charge in [0.25, 0.3) is 5.69 Å². The molecule has 29 heavy (non-hydrogen) atoms. The molecule has 0 saturated carbocycles. The van der Waals surface area contributed by atoms with Gasteiger partial charge in [-0.15, -0.1) is 0 Å². The summed E-state index contributed by atoms with van der Waals surface area (Å²) >= 11 is 0. The van der Waals surface area contributed by atoms with Crippen LogP contribution in [-0.4, -0.2) is 48.6 Å². The van der Waals surface area contributed by atoms with E-state index in [1.807, 2.05) is 6.07 Å². The highest BCUT2D eigenvalue weighted by Gasteiger charge is 2.23. The number of carbonyl (C=O) groups excluding carboxylic acids is 1. The van der Waals surface area contributed by atoms with Crippen molar-refractivity contribution in [1.29, 1.82) is 0 Å². The number of carbonyl (C=O) groups is 1. The second kappa shape index (κ2) is 9.90. The standard InChI is InChI=1S/C21H22FN3O4/c22-18-5-2-4-17(14-18)20(24-9-11-29-12-10-24)15-23-21(26)8-7-16-3-1-6-19(13-16)25(27)28/h1-8,13-14,20H,9-12,15H2,(H,23,26)/b8-7+. The van der Waals surface area contributed by atoms with Crippen molar-refractivity contribution in [2.24, 2.45) is 0 Å². The molecule has 0 aromatic heterocycles. The topological polar surface area (TPSA) is 84.7 Å². The first-order chi connectivity index (χ1) is 14.0. The first-order valence-electron chi connectivity index (χ1n) is 9.30. The van der Waals surface area contributed by atoms with Crippen LogP contribution in [0.3, 0.4) is 0 Å². The molecule has 0 radical (unpaired) electrons. The van der Waals surface area contributed by atoms with Crippen molar-refractivity contribution in [2.45, 2.75) is 6.04 Å². The Kier molecular flexibility index (Phi) is 7.04. The van der Waals surface area contributed by atoms with Gasteiger partial charge >= 0.3 is 0 Å². The lowest BCUT2D eigenvalue weighted by Gasteiger charge is -2.34. The van der Waals surface area contributed by atoms with Crippen LogP contribution in [0.25, 0.3) is 6.08 Å². The summed E-state index contributed by atoms with van der Waals surface area (Å²) in [4.78, 5) is 24.8. The number of morpholine rings is 1. The Labute approximate surface area is 167 Å². The van der Waals surface area contributed by atoms with Crippen LogP contribution in [0.4, 0.5) is 10.1 Å². The maximum Gasteiger partial charge on any atom is 0.270 e. The van der Waals surface area contributed by atoms with E-state index in [9.17, 15) is 19.3 Å². The van der Waals surface area contributed by atoms with Gasteiger partial charge in [0, 0.05) is 37.8 Å². The summed E-state index contributed by atoms with van der Waals surface area (Å²) < 4.78 is 19.1. The molecule has 1 fully saturated rings. The number of hydrogen-bond acceptors (Lipinski definition) is 5. The average Bonchev–Trinajstić information content (AvgIpc) is 2.73. The van der Waals surface area contributed by atoms with Crippen LogP contribution in [0.1, 0.15) is 17.2 Å². The molecule has 0 spiro atoms. The Hall–Kier alpha value is -3.10. The van der Waals surface area contributed by atoms with Gasteiger partial charge in [0.05, 0.1) is 24.2 Å². The maximum absolute atomic E-state index is 13.7. The Balaban J connectivity index is 1.66. The molecule has 1 N–H and O–H groups in total. The highest BCUT2D eigenvalue weighted by molar-refractivity contribution is 5.91. The first-order valence-corrected chi connectivity index (χ1v) is 9.30. The molecule has 1 aliphatic heterocycles. The van der Waals surface area contributed by atoms with Gasteiger partial charge in [-0.25, -0.2) is 4.39 Å². The summed E-state index contributed by atoms with van der Waals surface area (Å²) in [6.45, 7) is 2.88. The third-order valence-electron chi connectivity index (χ3n) is 4.70. The SMILES string of the molecule is O=C(/C=C/c1cccc([N+](=O)[O-])c1)NCC(c1cccc(F)c1)N1CCOCC1. The van der Waals surface area contributed by atoms with E-state index in [1.54, 1.807) is 18.2 Å². The summed E-state index contributed by atoms with van der Waals surface area (Å²) in [6, 6.07) is 12.2. The zero-order valence-corrected chi connectivity index (χ0v) is 15.8.